The molecule has 0 saturated heterocycles. The lowest BCUT2D eigenvalue weighted by Crippen LogP contribution is -2.35. The maximum absolute atomic E-state index is 12.2. The van der Waals surface area contributed by atoms with Crippen LogP contribution in [0.1, 0.15) is 35.9 Å². The molecule has 1 fully saturated rings. The first-order chi connectivity index (χ1) is 13.1. The Morgan fingerprint density at radius 2 is 1.93 bits per heavy atom. The highest BCUT2D eigenvalue weighted by Gasteiger charge is 2.39. The fourth-order valence-electron chi connectivity index (χ4n) is 3.47. The normalized spacial score (nSPS) is 23.2. The highest BCUT2D eigenvalue weighted by atomic mass is 127. The van der Waals surface area contributed by atoms with Gasteiger partial charge in [-0.3, -0.25) is 0 Å². The molecule has 150 valence electrons. The number of guanidine groups is 1. The van der Waals surface area contributed by atoms with E-state index in [0.717, 1.165) is 29.7 Å². The summed E-state index contributed by atoms with van der Waals surface area (Å²) in [6.07, 6.45) is 1.72. The van der Waals surface area contributed by atoms with E-state index in [9.17, 15) is 8.78 Å². The fraction of sp³-hybridized carbons (Fsp3) is 0.350. The number of alkyl halides is 2. The van der Waals surface area contributed by atoms with E-state index in [2.05, 4.69) is 15.0 Å². The van der Waals surface area contributed by atoms with Crippen molar-refractivity contribution in [2.24, 2.45) is 10.7 Å². The zero-order valence-electron chi connectivity index (χ0n) is 15.1. The third-order valence-corrected chi connectivity index (χ3v) is 4.88. The minimum Gasteiger partial charge on any atom is -0.493 e. The number of fused-ring (bicyclic) bond motifs is 1. The lowest BCUT2D eigenvalue weighted by Gasteiger charge is -2.23. The number of para-hydroxylation sites is 1. The van der Waals surface area contributed by atoms with Crippen molar-refractivity contribution in [1.29, 1.82) is 0 Å². The van der Waals surface area contributed by atoms with Crippen molar-refractivity contribution in [3.8, 4) is 11.5 Å². The molecule has 0 aromatic heterocycles. The van der Waals surface area contributed by atoms with Crippen LogP contribution in [0.2, 0.25) is 0 Å². The molecule has 2 aromatic rings. The molecule has 28 heavy (non-hydrogen) atoms. The highest BCUT2D eigenvalue weighted by Crippen LogP contribution is 2.41. The summed E-state index contributed by atoms with van der Waals surface area (Å²) in [5, 5.41) is 3.26. The number of aliphatic imine (C=N–C) groups is 1. The monoisotopic (exact) mass is 501 g/mol. The molecule has 1 aliphatic carbocycles. The quantitative estimate of drug-likeness (QED) is 0.367. The summed E-state index contributed by atoms with van der Waals surface area (Å²) in [5.74, 6) is 1.74. The Bertz CT molecular complexity index is 832. The lowest BCUT2D eigenvalue weighted by molar-refractivity contribution is -0.0498. The minimum atomic E-state index is -2.81. The van der Waals surface area contributed by atoms with Gasteiger partial charge in [0.25, 0.3) is 0 Å². The van der Waals surface area contributed by atoms with Gasteiger partial charge in [-0.05, 0) is 30.2 Å². The van der Waals surface area contributed by atoms with E-state index in [1.165, 1.54) is 0 Å². The van der Waals surface area contributed by atoms with Crippen LogP contribution in [0.5, 0.6) is 11.5 Å². The van der Waals surface area contributed by atoms with Gasteiger partial charge in [-0.1, -0.05) is 30.3 Å². The molecular formula is C20H22F2IN3O2. The van der Waals surface area contributed by atoms with Gasteiger partial charge in [0.15, 0.2) is 5.96 Å². The average molecular weight is 501 g/mol. The fourth-order valence-corrected chi connectivity index (χ4v) is 3.47. The minimum absolute atomic E-state index is 0. The van der Waals surface area contributed by atoms with Crippen LogP contribution in [0, 0.1) is 0 Å². The predicted octanol–water partition coefficient (Wildman–Crippen LogP) is 4.19. The van der Waals surface area contributed by atoms with E-state index in [1.807, 2.05) is 36.4 Å². The summed E-state index contributed by atoms with van der Waals surface area (Å²) in [7, 11) is 0. The van der Waals surface area contributed by atoms with Crippen molar-refractivity contribution >= 4 is 29.9 Å². The molecule has 1 heterocycles. The topological polar surface area (TPSA) is 68.9 Å². The molecule has 5 nitrogen and oxygen atoms in total. The number of rotatable bonds is 5. The molecule has 0 bridgehead atoms. The zero-order chi connectivity index (χ0) is 18.8. The van der Waals surface area contributed by atoms with Crippen molar-refractivity contribution in [3.05, 3.63) is 59.7 Å². The first-order valence-corrected chi connectivity index (χ1v) is 8.96. The number of benzene rings is 2. The molecule has 1 aliphatic heterocycles. The molecule has 0 spiro atoms. The SMILES string of the molecule is I.NC(=NC1CCOc2ccccc21)N[C@@H]1C[C@H]1c1ccc(OC(F)F)cc1. The van der Waals surface area contributed by atoms with Crippen molar-refractivity contribution in [1.82, 2.24) is 5.32 Å². The third-order valence-electron chi connectivity index (χ3n) is 4.88. The number of hydrogen-bond acceptors (Lipinski definition) is 3. The average Bonchev–Trinajstić information content (AvgIpc) is 3.41. The van der Waals surface area contributed by atoms with Gasteiger partial charge >= 0.3 is 6.61 Å². The molecule has 8 heteroatoms. The summed E-state index contributed by atoms with van der Waals surface area (Å²) >= 11 is 0. The second-order valence-corrected chi connectivity index (χ2v) is 6.75. The van der Waals surface area contributed by atoms with Crippen LogP contribution in [0.4, 0.5) is 8.78 Å². The van der Waals surface area contributed by atoms with Crippen molar-refractivity contribution < 1.29 is 18.3 Å². The van der Waals surface area contributed by atoms with Crippen molar-refractivity contribution in [2.45, 2.75) is 37.5 Å². The summed E-state index contributed by atoms with van der Waals surface area (Å²) in [5.41, 5.74) is 8.24. The van der Waals surface area contributed by atoms with Crippen molar-refractivity contribution in [3.63, 3.8) is 0 Å². The maximum atomic E-state index is 12.2. The molecule has 2 aromatic carbocycles. The molecule has 1 saturated carbocycles. The molecule has 0 amide bonds. The molecule has 1 unspecified atom stereocenters. The maximum Gasteiger partial charge on any atom is 0.387 e. The third kappa shape index (κ3) is 4.84. The molecular weight excluding hydrogens is 479 g/mol. The molecule has 2 aliphatic rings. The molecule has 3 N–H and O–H groups in total. The van der Waals surface area contributed by atoms with E-state index in [-0.39, 0.29) is 41.8 Å². The second kappa shape index (κ2) is 8.93. The van der Waals surface area contributed by atoms with E-state index >= 15 is 0 Å². The number of nitrogens with zero attached hydrogens (tertiary/aromatic N) is 1. The predicted molar refractivity (Wildman–Crippen MR) is 114 cm³/mol. The highest BCUT2D eigenvalue weighted by molar-refractivity contribution is 14.0. The largest absolute Gasteiger partial charge is 0.493 e. The summed E-state index contributed by atoms with van der Waals surface area (Å²) in [4.78, 5) is 4.63. The smallest absolute Gasteiger partial charge is 0.387 e. The number of hydrogen-bond donors (Lipinski definition) is 2. The van der Waals surface area contributed by atoms with Gasteiger partial charge in [-0.15, -0.1) is 24.0 Å². The van der Waals surface area contributed by atoms with Gasteiger partial charge in [-0.2, -0.15) is 8.78 Å². The molecule has 3 atom stereocenters. The Morgan fingerprint density at radius 1 is 1.18 bits per heavy atom. The first kappa shape index (κ1) is 20.6. The van der Waals surface area contributed by atoms with Crippen LogP contribution in [0.15, 0.2) is 53.5 Å². The van der Waals surface area contributed by atoms with Crippen LogP contribution < -0.4 is 20.5 Å². The van der Waals surface area contributed by atoms with Gasteiger partial charge < -0.3 is 20.5 Å². The number of ether oxygens (including phenoxy) is 2. The number of halogens is 3. The summed E-state index contributed by atoms with van der Waals surface area (Å²) < 4.78 is 34.5. The van der Waals surface area contributed by atoms with Gasteiger partial charge in [-0.25, -0.2) is 4.99 Å². The van der Waals surface area contributed by atoms with E-state index in [4.69, 9.17) is 10.5 Å². The van der Waals surface area contributed by atoms with E-state index in [0.29, 0.717) is 18.5 Å². The lowest BCUT2D eigenvalue weighted by atomic mass is 10.0. The Morgan fingerprint density at radius 3 is 2.68 bits per heavy atom. The summed E-state index contributed by atoms with van der Waals surface area (Å²) in [6.45, 7) is -2.19. The Kier molecular flexibility index (Phi) is 6.58. The van der Waals surface area contributed by atoms with Crippen LogP contribution >= 0.6 is 24.0 Å². The van der Waals surface area contributed by atoms with Crippen LogP contribution in [0.3, 0.4) is 0 Å². The number of nitrogens with two attached hydrogens (primary N) is 1. The Hall–Kier alpha value is -2.10. The van der Waals surface area contributed by atoms with Crippen LogP contribution in [-0.2, 0) is 0 Å². The van der Waals surface area contributed by atoms with Crippen LogP contribution in [-0.4, -0.2) is 25.2 Å². The number of nitrogens with one attached hydrogen (secondary N) is 1. The standard InChI is InChI=1S/C20H21F2N3O2.HI/c21-19(22)27-13-7-5-12(6-8-13)15-11-17(15)25-20(23)24-16-9-10-26-18-4-2-1-3-14(16)18;/h1-8,15-17,19H,9-11H2,(H3,23,24,25);1H/t15-,16?,17+;/m0./s1. The van der Waals surface area contributed by atoms with Gasteiger partial charge in [0, 0.05) is 23.9 Å². The summed E-state index contributed by atoms with van der Waals surface area (Å²) in [6, 6.07) is 14.8. The Balaban J connectivity index is 0.00000225. The van der Waals surface area contributed by atoms with Crippen LogP contribution in [0.25, 0.3) is 0 Å². The molecule has 0 radical (unpaired) electrons. The van der Waals surface area contributed by atoms with Gasteiger partial charge in [0.05, 0.1) is 12.6 Å². The molecule has 4 rings (SSSR count). The van der Waals surface area contributed by atoms with Crippen molar-refractivity contribution in [2.75, 3.05) is 6.61 Å². The Labute approximate surface area is 179 Å². The van der Waals surface area contributed by atoms with E-state index < -0.39 is 6.61 Å². The first-order valence-electron chi connectivity index (χ1n) is 8.96. The second-order valence-electron chi connectivity index (χ2n) is 6.75. The zero-order valence-corrected chi connectivity index (χ0v) is 17.4. The van der Waals surface area contributed by atoms with Gasteiger partial charge in [0.2, 0.25) is 0 Å². The van der Waals surface area contributed by atoms with Gasteiger partial charge in [0.1, 0.15) is 11.5 Å². The van der Waals surface area contributed by atoms with E-state index in [1.54, 1.807) is 12.1 Å².